The highest BCUT2D eigenvalue weighted by Gasteiger charge is 2.14. The molecule has 0 radical (unpaired) electrons. The van der Waals surface area contributed by atoms with Gasteiger partial charge in [0.25, 0.3) is 0 Å². The summed E-state index contributed by atoms with van der Waals surface area (Å²) in [6, 6.07) is 9.65. The zero-order valence-electron chi connectivity index (χ0n) is 16.5. The Morgan fingerprint density at radius 2 is 1.74 bits per heavy atom. The van der Waals surface area contributed by atoms with Crippen molar-refractivity contribution in [2.75, 3.05) is 28.6 Å². The number of hydrogen-bond donors (Lipinski definition) is 2. The molecule has 27 heavy (non-hydrogen) atoms. The van der Waals surface area contributed by atoms with Crippen molar-refractivity contribution in [1.82, 2.24) is 9.97 Å². The van der Waals surface area contributed by atoms with Gasteiger partial charge < -0.3 is 15.5 Å². The summed E-state index contributed by atoms with van der Waals surface area (Å²) >= 11 is 0. The molecule has 1 aliphatic heterocycles. The van der Waals surface area contributed by atoms with Crippen LogP contribution in [0.1, 0.15) is 45.2 Å². The Hall–Kier alpha value is -2.63. The van der Waals surface area contributed by atoms with Crippen LogP contribution in [0, 0.1) is 12.8 Å². The number of nitrogens with zero attached hydrogens (tertiary/aromatic N) is 3. The molecule has 2 heterocycles. The summed E-state index contributed by atoms with van der Waals surface area (Å²) in [6.45, 7) is 8.11. The van der Waals surface area contributed by atoms with Crippen LogP contribution in [-0.4, -0.2) is 29.0 Å². The molecular formula is C21H29N5O. The van der Waals surface area contributed by atoms with Crippen molar-refractivity contribution in [1.29, 1.82) is 0 Å². The van der Waals surface area contributed by atoms with E-state index in [0.29, 0.717) is 12.3 Å². The third-order valence-corrected chi connectivity index (χ3v) is 4.52. The number of amides is 1. The molecule has 1 amide bonds. The van der Waals surface area contributed by atoms with E-state index in [4.69, 9.17) is 0 Å². The zero-order valence-corrected chi connectivity index (χ0v) is 16.5. The molecule has 144 valence electrons. The SMILES string of the molecule is Cc1cc(Nc2ccc(NC(=O)CC(C)C)cc2)nc(N2CCCCC2)n1. The molecular weight excluding hydrogens is 338 g/mol. The molecule has 1 aromatic carbocycles. The van der Waals surface area contributed by atoms with Crippen LogP contribution in [0.4, 0.5) is 23.1 Å². The van der Waals surface area contributed by atoms with Crippen molar-refractivity contribution in [2.24, 2.45) is 5.92 Å². The van der Waals surface area contributed by atoms with Gasteiger partial charge in [0, 0.05) is 42.6 Å². The topological polar surface area (TPSA) is 70.2 Å². The molecule has 1 aliphatic rings. The van der Waals surface area contributed by atoms with Gasteiger partial charge in [-0.3, -0.25) is 4.79 Å². The predicted octanol–water partition coefficient (Wildman–Crippen LogP) is 4.50. The van der Waals surface area contributed by atoms with Gasteiger partial charge in [-0.05, 0) is 56.4 Å². The van der Waals surface area contributed by atoms with Crippen molar-refractivity contribution in [3.8, 4) is 0 Å². The number of piperidine rings is 1. The predicted molar refractivity (Wildman–Crippen MR) is 111 cm³/mol. The number of nitrogens with one attached hydrogen (secondary N) is 2. The molecule has 0 unspecified atom stereocenters. The number of aromatic nitrogens is 2. The summed E-state index contributed by atoms with van der Waals surface area (Å²) in [4.78, 5) is 23.4. The fourth-order valence-corrected chi connectivity index (χ4v) is 3.22. The van der Waals surface area contributed by atoms with Crippen molar-refractivity contribution in [3.63, 3.8) is 0 Å². The lowest BCUT2D eigenvalue weighted by Crippen LogP contribution is -2.31. The Morgan fingerprint density at radius 3 is 2.41 bits per heavy atom. The summed E-state index contributed by atoms with van der Waals surface area (Å²) in [7, 11) is 0. The van der Waals surface area contributed by atoms with E-state index in [-0.39, 0.29) is 5.91 Å². The average Bonchev–Trinajstić information content (AvgIpc) is 2.63. The third kappa shape index (κ3) is 5.67. The van der Waals surface area contributed by atoms with E-state index in [1.54, 1.807) is 0 Å². The van der Waals surface area contributed by atoms with E-state index in [9.17, 15) is 4.79 Å². The maximum Gasteiger partial charge on any atom is 0.227 e. The molecule has 3 rings (SSSR count). The van der Waals surface area contributed by atoms with Gasteiger partial charge in [-0.2, -0.15) is 4.98 Å². The van der Waals surface area contributed by atoms with E-state index in [0.717, 1.165) is 41.9 Å². The number of aryl methyl sites for hydroxylation is 1. The molecule has 2 aromatic rings. The number of hydrogen-bond acceptors (Lipinski definition) is 5. The van der Waals surface area contributed by atoms with Gasteiger partial charge in [0.05, 0.1) is 0 Å². The number of rotatable bonds is 6. The van der Waals surface area contributed by atoms with Crippen LogP contribution in [0.5, 0.6) is 0 Å². The molecule has 1 aromatic heterocycles. The van der Waals surface area contributed by atoms with Gasteiger partial charge in [0.1, 0.15) is 5.82 Å². The second kappa shape index (κ2) is 8.84. The molecule has 1 fully saturated rings. The van der Waals surface area contributed by atoms with Crippen molar-refractivity contribution >= 4 is 29.0 Å². The second-order valence-electron chi connectivity index (χ2n) is 7.59. The average molecular weight is 367 g/mol. The lowest BCUT2D eigenvalue weighted by molar-refractivity contribution is -0.116. The fraction of sp³-hybridized carbons (Fsp3) is 0.476. The maximum absolute atomic E-state index is 11.9. The first-order valence-corrected chi connectivity index (χ1v) is 9.77. The van der Waals surface area contributed by atoms with Crippen LogP contribution >= 0.6 is 0 Å². The molecule has 1 saturated heterocycles. The minimum Gasteiger partial charge on any atom is -0.341 e. The molecule has 0 bridgehead atoms. The molecule has 0 spiro atoms. The molecule has 6 heteroatoms. The van der Waals surface area contributed by atoms with E-state index in [1.165, 1.54) is 19.3 Å². The first kappa shape index (κ1) is 19.1. The van der Waals surface area contributed by atoms with Gasteiger partial charge in [-0.15, -0.1) is 0 Å². The maximum atomic E-state index is 11.9. The molecule has 6 nitrogen and oxygen atoms in total. The highest BCUT2D eigenvalue weighted by atomic mass is 16.1. The monoisotopic (exact) mass is 367 g/mol. The summed E-state index contributed by atoms with van der Waals surface area (Å²) < 4.78 is 0. The lowest BCUT2D eigenvalue weighted by atomic mass is 10.1. The Labute approximate surface area is 161 Å². The van der Waals surface area contributed by atoms with Crippen molar-refractivity contribution in [3.05, 3.63) is 36.0 Å². The highest BCUT2D eigenvalue weighted by molar-refractivity contribution is 5.91. The lowest BCUT2D eigenvalue weighted by Gasteiger charge is -2.27. The summed E-state index contributed by atoms with van der Waals surface area (Å²) in [5, 5.41) is 6.27. The summed E-state index contributed by atoms with van der Waals surface area (Å²) in [5.74, 6) is 1.98. The number of benzene rings is 1. The van der Waals surface area contributed by atoms with Gasteiger partial charge in [0.2, 0.25) is 11.9 Å². The Balaban J connectivity index is 1.66. The number of carbonyl (C=O) groups is 1. The van der Waals surface area contributed by atoms with Crippen LogP contribution in [0.15, 0.2) is 30.3 Å². The van der Waals surface area contributed by atoms with Crippen LogP contribution in [0.2, 0.25) is 0 Å². The van der Waals surface area contributed by atoms with Crippen LogP contribution in [0.3, 0.4) is 0 Å². The highest BCUT2D eigenvalue weighted by Crippen LogP contribution is 2.22. The van der Waals surface area contributed by atoms with Crippen LogP contribution in [0.25, 0.3) is 0 Å². The Kier molecular flexibility index (Phi) is 6.27. The van der Waals surface area contributed by atoms with E-state index in [1.807, 2.05) is 51.1 Å². The number of carbonyl (C=O) groups excluding carboxylic acids is 1. The van der Waals surface area contributed by atoms with Crippen molar-refractivity contribution in [2.45, 2.75) is 46.5 Å². The summed E-state index contributed by atoms with van der Waals surface area (Å²) in [6.07, 6.45) is 4.21. The van der Waals surface area contributed by atoms with E-state index in [2.05, 4.69) is 25.5 Å². The molecule has 0 atom stereocenters. The second-order valence-corrected chi connectivity index (χ2v) is 7.59. The van der Waals surface area contributed by atoms with Gasteiger partial charge in [0.15, 0.2) is 0 Å². The van der Waals surface area contributed by atoms with Crippen molar-refractivity contribution < 1.29 is 4.79 Å². The smallest absolute Gasteiger partial charge is 0.227 e. The van der Waals surface area contributed by atoms with E-state index >= 15 is 0 Å². The molecule has 0 saturated carbocycles. The van der Waals surface area contributed by atoms with Gasteiger partial charge in [-0.25, -0.2) is 4.98 Å². The normalized spacial score (nSPS) is 14.3. The number of anilines is 4. The first-order chi connectivity index (χ1) is 13.0. The van der Waals surface area contributed by atoms with Crippen LogP contribution in [-0.2, 0) is 4.79 Å². The molecule has 2 N–H and O–H groups in total. The minimum absolute atomic E-state index is 0.0447. The minimum atomic E-state index is 0.0447. The van der Waals surface area contributed by atoms with E-state index < -0.39 is 0 Å². The van der Waals surface area contributed by atoms with Gasteiger partial charge >= 0.3 is 0 Å². The Morgan fingerprint density at radius 1 is 1.07 bits per heavy atom. The van der Waals surface area contributed by atoms with Crippen LogP contribution < -0.4 is 15.5 Å². The largest absolute Gasteiger partial charge is 0.341 e. The molecule has 0 aliphatic carbocycles. The standard InChI is InChI=1S/C21H29N5O/c1-15(2)13-20(27)24-18-9-7-17(8-10-18)23-19-14-16(3)22-21(25-19)26-11-5-4-6-12-26/h7-10,14-15H,4-6,11-13H2,1-3H3,(H,24,27)(H,22,23,25). The van der Waals surface area contributed by atoms with Gasteiger partial charge in [-0.1, -0.05) is 13.8 Å². The Bertz CT molecular complexity index is 767. The fourth-order valence-electron chi connectivity index (χ4n) is 3.22. The third-order valence-electron chi connectivity index (χ3n) is 4.52. The summed E-state index contributed by atoms with van der Waals surface area (Å²) in [5.41, 5.74) is 2.68. The zero-order chi connectivity index (χ0) is 19.2. The first-order valence-electron chi connectivity index (χ1n) is 9.77. The quantitative estimate of drug-likeness (QED) is 0.786.